The number of carbonyl (C=O) groups is 3. The van der Waals surface area contributed by atoms with Crippen molar-refractivity contribution >= 4 is 17.9 Å². The Morgan fingerprint density at radius 1 is 1.22 bits per heavy atom. The molecule has 2 N–H and O–H groups in total. The van der Waals surface area contributed by atoms with Gasteiger partial charge >= 0.3 is 17.9 Å². The molecular formula is C16H17NO6. The smallest absolute Gasteiger partial charge is 0.350 e. The topological polar surface area (TPSA) is 102 Å². The van der Waals surface area contributed by atoms with Crippen LogP contribution in [0.5, 0.6) is 0 Å². The number of benzene rings is 1. The van der Waals surface area contributed by atoms with E-state index in [0.29, 0.717) is 0 Å². The molecule has 23 heavy (non-hydrogen) atoms. The molecule has 1 aromatic rings. The minimum Gasteiger partial charge on any atom is -0.480 e. The van der Waals surface area contributed by atoms with E-state index >= 15 is 0 Å². The van der Waals surface area contributed by atoms with E-state index in [1.165, 1.54) is 13.8 Å². The summed E-state index contributed by atoms with van der Waals surface area (Å²) in [6.07, 6.45) is 1.22. The largest absolute Gasteiger partial charge is 0.480 e. The predicted octanol–water partition coefficient (Wildman–Crippen LogP) is 0.992. The van der Waals surface area contributed by atoms with Crippen LogP contribution in [0.3, 0.4) is 0 Å². The molecule has 2 rings (SSSR count). The Labute approximate surface area is 132 Å². The van der Waals surface area contributed by atoms with Gasteiger partial charge in [0.1, 0.15) is 6.04 Å². The summed E-state index contributed by atoms with van der Waals surface area (Å²) in [4.78, 5) is 34.9. The van der Waals surface area contributed by atoms with E-state index in [2.05, 4.69) is 5.32 Å². The van der Waals surface area contributed by atoms with E-state index in [-0.39, 0.29) is 12.0 Å². The summed E-state index contributed by atoms with van der Waals surface area (Å²) in [5.41, 5.74) is 0.435. The fourth-order valence-corrected chi connectivity index (χ4v) is 2.03. The van der Waals surface area contributed by atoms with Crippen molar-refractivity contribution in [1.29, 1.82) is 0 Å². The van der Waals surface area contributed by atoms with Gasteiger partial charge in [-0.25, -0.2) is 14.4 Å². The number of nitrogens with one attached hydrogen (secondary N) is 1. The van der Waals surface area contributed by atoms with E-state index in [9.17, 15) is 19.5 Å². The lowest BCUT2D eigenvalue weighted by atomic mass is 10.1. The highest BCUT2D eigenvalue weighted by Crippen LogP contribution is 2.22. The van der Waals surface area contributed by atoms with Gasteiger partial charge in [0.2, 0.25) is 0 Å². The minimum absolute atomic E-state index is 0.190. The van der Waals surface area contributed by atoms with Gasteiger partial charge < -0.3 is 19.9 Å². The van der Waals surface area contributed by atoms with Gasteiger partial charge in [0.05, 0.1) is 0 Å². The average molecular weight is 319 g/mol. The van der Waals surface area contributed by atoms with Gasteiger partial charge in [0.25, 0.3) is 5.79 Å². The first kappa shape index (κ1) is 16.5. The fourth-order valence-electron chi connectivity index (χ4n) is 2.03. The summed E-state index contributed by atoms with van der Waals surface area (Å²) in [6, 6.07) is 7.99. The van der Waals surface area contributed by atoms with Crippen LogP contribution in [0, 0.1) is 0 Å². The van der Waals surface area contributed by atoms with Crippen molar-refractivity contribution in [2.45, 2.75) is 32.1 Å². The van der Waals surface area contributed by atoms with E-state index in [1.807, 2.05) is 6.07 Å². The normalized spacial score (nSPS) is 17.7. The maximum atomic E-state index is 11.8. The van der Waals surface area contributed by atoms with Gasteiger partial charge in [0.15, 0.2) is 5.57 Å². The van der Waals surface area contributed by atoms with Crippen LogP contribution in [0.2, 0.25) is 0 Å². The Morgan fingerprint density at radius 2 is 1.78 bits per heavy atom. The summed E-state index contributed by atoms with van der Waals surface area (Å²) in [6.45, 7) is 2.87. The Bertz CT molecular complexity index is 628. The van der Waals surface area contributed by atoms with Crippen LogP contribution in [0.4, 0.5) is 0 Å². The zero-order valence-corrected chi connectivity index (χ0v) is 12.7. The molecule has 0 saturated carbocycles. The second kappa shape index (κ2) is 6.51. The third kappa shape index (κ3) is 4.32. The van der Waals surface area contributed by atoms with Crippen LogP contribution in [0.15, 0.2) is 42.1 Å². The number of cyclic esters (lactones) is 2. The summed E-state index contributed by atoms with van der Waals surface area (Å²) in [5, 5.41) is 11.8. The van der Waals surface area contributed by atoms with Crippen LogP contribution in [-0.2, 0) is 30.3 Å². The van der Waals surface area contributed by atoms with Crippen molar-refractivity contribution in [3.63, 3.8) is 0 Å². The number of carboxylic acid groups (broad SMARTS) is 1. The SMILES string of the molecule is CC1(C)OC(=O)C(=CN[C@@H](Cc2ccccc2)C(=O)O)C(=O)O1. The zero-order chi connectivity index (χ0) is 17.0. The molecule has 0 bridgehead atoms. The summed E-state index contributed by atoms with van der Waals surface area (Å²) < 4.78 is 9.86. The molecule has 1 fully saturated rings. The highest BCUT2D eigenvalue weighted by Gasteiger charge is 2.39. The van der Waals surface area contributed by atoms with E-state index < -0.39 is 29.7 Å². The van der Waals surface area contributed by atoms with E-state index in [4.69, 9.17) is 9.47 Å². The summed E-state index contributed by atoms with van der Waals surface area (Å²) >= 11 is 0. The quantitative estimate of drug-likeness (QED) is 0.474. The van der Waals surface area contributed by atoms with Gasteiger partial charge in [-0.15, -0.1) is 0 Å². The molecule has 1 saturated heterocycles. The van der Waals surface area contributed by atoms with E-state index in [1.54, 1.807) is 24.3 Å². The minimum atomic E-state index is -1.33. The van der Waals surface area contributed by atoms with Crippen LogP contribution < -0.4 is 5.32 Å². The molecular weight excluding hydrogens is 302 g/mol. The van der Waals surface area contributed by atoms with Crippen LogP contribution in [-0.4, -0.2) is 34.8 Å². The second-order valence-corrected chi connectivity index (χ2v) is 5.48. The Morgan fingerprint density at radius 3 is 2.30 bits per heavy atom. The molecule has 0 aromatic heterocycles. The molecule has 0 amide bonds. The molecule has 1 aromatic carbocycles. The summed E-state index contributed by atoms with van der Waals surface area (Å²) in [7, 11) is 0. The highest BCUT2D eigenvalue weighted by atomic mass is 16.7. The molecule has 1 aliphatic rings. The van der Waals surface area contributed by atoms with Gasteiger partial charge in [-0.3, -0.25) is 0 Å². The molecule has 0 aliphatic carbocycles. The monoisotopic (exact) mass is 319 g/mol. The Balaban J connectivity index is 2.10. The standard InChI is InChI=1S/C16H17NO6/c1-16(2)22-14(20)11(15(21)23-16)9-17-12(13(18)19)8-10-6-4-3-5-7-10/h3-7,9,12,17H,8H2,1-2H3,(H,18,19)/t12-/m0/s1. The number of esters is 2. The number of carboxylic acids is 1. The van der Waals surface area contributed by atoms with Crippen LogP contribution in [0.1, 0.15) is 19.4 Å². The predicted molar refractivity (Wildman–Crippen MR) is 79.1 cm³/mol. The number of hydrogen-bond acceptors (Lipinski definition) is 6. The molecule has 1 atom stereocenters. The maximum absolute atomic E-state index is 11.8. The first-order chi connectivity index (χ1) is 10.8. The molecule has 0 radical (unpaired) electrons. The first-order valence-corrected chi connectivity index (χ1v) is 6.98. The molecule has 0 unspecified atom stereocenters. The highest BCUT2D eigenvalue weighted by molar-refractivity contribution is 6.15. The maximum Gasteiger partial charge on any atom is 0.350 e. The third-order valence-electron chi connectivity index (χ3n) is 3.13. The van der Waals surface area contributed by atoms with Gasteiger partial charge in [0, 0.05) is 26.5 Å². The lowest BCUT2D eigenvalue weighted by Crippen LogP contribution is -2.43. The van der Waals surface area contributed by atoms with Gasteiger partial charge in [-0.2, -0.15) is 0 Å². The average Bonchev–Trinajstić information content (AvgIpc) is 2.44. The molecule has 7 heteroatoms. The number of aliphatic carboxylic acids is 1. The van der Waals surface area contributed by atoms with Crippen molar-refractivity contribution in [1.82, 2.24) is 5.32 Å². The molecule has 7 nitrogen and oxygen atoms in total. The molecule has 1 heterocycles. The number of rotatable bonds is 5. The van der Waals surface area contributed by atoms with Gasteiger partial charge in [-0.1, -0.05) is 30.3 Å². The van der Waals surface area contributed by atoms with Crippen molar-refractivity contribution in [3.8, 4) is 0 Å². The Hall–Kier alpha value is -2.83. The fraction of sp³-hybridized carbons (Fsp3) is 0.312. The molecule has 122 valence electrons. The van der Waals surface area contributed by atoms with Gasteiger partial charge in [-0.05, 0) is 5.56 Å². The summed E-state index contributed by atoms with van der Waals surface area (Å²) in [5.74, 6) is -4.16. The van der Waals surface area contributed by atoms with E-state index in [0.717, 1.165) is 11.8 Å². The zero-order valence-electron chi connectivity index (χ0n) is 12.7. The molecule has 1 aliphatic heterocycles. The first-order valence-electron chi connectivity index (χ1n) is 6.98. The van der Waals surface area contributed by atoms with Crippen LogP contribution in [0.25, 0.3) is 0 Å². The lowest BCUT2D eigenvalue weighted by Gasteiger charge is -2.29. The third-order valence-corrected chi connectivity index (χ3v) is 3.13. The van der Waals surface area contributed by atoms with Crippen molar-refractivity contribution < 1.29 is 29.0 Å². The number of hydrogen-bond donors (Lipinski definition) is 2. The van der Waals surface area contributed by atoms with Crippen molar-refractivity contribution in [2.75, 3.05) is 0 Å². The number of ether oxygens (including phenoxy) is 2. The van der Waals surface area contributed by atoms with Crippen molar-refractivity contribution in [3.05, 3.63) is 47.7 Å². The molecule has 0 spiro atoms. The Kier molecular flexibility index (Phi) is 4.68. The second-order valence-electron chi connectivity index (χ2n) is 5.48. The van der Waals surface area contributed by atoms with Crippen LogP contribution >= 0.6 is 0 Å². The lowest BCUT2D eigenvalue weighted by molar-refractivity contribution is -0.222. The van der Waals surface area contributed by atoms with Crippen molar-refractivity contribution in [2.24, 2.45) is 0 Å². The number of carbonyl (C=O) groups excluding carboxylic acids is 2.